The molecule has 0 aliphatic heterocycles. The SMILES string of the molecule is C=CN(/C=C(\C)CCP(C)C)Cc1ccc(-c2cccc(NC)c2)c2c1[nH]c1ncc(C)cc12. The predicted molar refractivity (Wildman–Crippen MR) is 151 cm³/mol. The average molecular weight is 471 g/mol. The van der Waals surface area contributed by atoms with E-state index in [0.29, 0.717) is 0 Å². The normalized spacial score (nSPS) is 12.0. The molecule has 2 heterocycles. The molecule has 0 fully saturated rings. The number of rotatable bonds is 9. The second-order valence-electron chi connectivity index (χ2n) is 9.27. The molecular formula is C29H35N4P. The molecule has 0 spiro atoms. The lowest BCUT2D eigenvalue weighted by Crippen LogP contribution is -2.10. The van der Waals surface area contributed by atoms with Gasteiger partial charge in [0.25, 0.3) is 0 Å². The van der Waals surface area contributed by atoms with Gasteiger partial charge >= 0.3 is 0 Å². The van der Waals surface area contributed by atoms with E-state index in [0.717, 1.165) is 40.8 Å². The van der Waals surface area contributed by atoms with Crippen LogP contribution in [0.25, 0.3) is 33.1 Å². The smallest absolute Gasteiger partial charge is 0.138 e. The summed E-state index contributed by atoms with van der Waals surface area (Å²) in [4.78, 5) is 10.5. The number of anilines is 1. The Hall–Kier alpha value is -3.10. The highest BCUT2D eigenvalue weighted by Crippen LogP contribution is 2.37. The van der Waals surface area contributed by atoms with Crippen molar-refractivity contribution in [2.45, 2.75) is 26.8 Å². The monoisotopic (exact) mass is 470 g/mol. The Kier molecular flexibility index (Phi) is 7.38. The molecule has 176 valence electrons. The summed E-state index contributed by atoms with van der Waals surface area (Å²) in [6.45, 7) is 13.8. The van der Waals surface area contributed by atoms with Crippen LogP contribution >= 0.6 is 7.92 Å². The van der Waals surface area contributed by atoms with Crippen LogP contribution in [0.5, 0.6) is 0 Å². The number of allylic oxidation sites excluding steroid dienone is 1. The van der Waals surface area contributed by atoms with Gasteiger partial charge in [0.1, 0.15) is 5.65 Å². The quantitative estimate of drug-likeness (QED) is 0.246. The first kappa shape index (κ1) is 24.0. The van der Waals surface area contributed by atoms with Crippen molar-refractivity contribution in [2.24, 2.45) is 0 Å². The predicted octanol–water partition coefficient (Wildman–Crippen LogP) is 7.71. The molecule has 5 heteroatoms. The van der Waals surface area contributed by atoms with Crippen LogP contribution in [-0.2, 0) is 6.54 Å². The zero-order valence-electron chi connectivity index (χ0n) is 20.9. The van der Waals surface area contributed by atoms with Gasteiger partial charge in [0.05, 0.1) is 5.52 Å². The van der Waals surface area contributed by atoms with Gasteiger partial charge in [-0.2, -0.15) is 0 Å². The number of nitrogens with one attached hydrogen (secondary N) is 2. The van der Waals surface area contributed by atoms with Crippen LogP contribution in [0.3, 0.4) is 0 Å². The maximum atomic E-state index is 4.70. The summed E-state index contributed by atoms with van der Waals surface area (Å²) < 4.78 is 0. The van der Waals surface area contributed by atoms with Gasteiger partial charge in [-0.1, -0.05) is 36.4 Å². The van der Waals surface area contributed by atoms with Gasteiger partial charge in [0.15, 0.2) is 0 Å². The molecular weight excluding hydrogens is 435 g/mol. The number of fused-ring (bicyclic) bond motifs is 3. The van der Waals surface area contributed by atoms with E-state index in [1.54, 1.807) is 0 Å². The van der Waals surface area contributed by atoms with E-state index in [-0.39, 0.29) is 7.92 Å². The summed E-state index contributed by atoms with van der Waals surface area (Å²) in [5, 5.41) is 5.65. The number of hydrogen-bond donors (Lipinski definition) is 2. The molecule has 0 atom stereocenters. The lowest BCUT2D eigenvalue weighted by molar-refractivity contribution is 0.499. The third-order valence-electron chi connectivity index (χ3n) is 6.22. The minimum atomic E-state index is 0.120. The molecule has 0 saturated heterocycles. The fourth-order valence-corrected chi connectivity index (χ4v) is 5.17. The molecule has 2 aromatic carbocycles. The highest BCUT2D eigenvalue weighted by molar-refractivity contribution is 7.55. The molecule has 4 aromatic rings. The van der Waals surface area contributed by atoms with Gasteiger partial charge in [-0.05, 0) is 86.4 Å². The number of pyridine rings is 1. The Bertz CT molecular complexity index is 1350. The third kappa shape index (κ3) is 5.18. The summed E-state index contributed by atoms with van der Waals surface area (Å²) in [6.07, 6.45) is 8.49. The van der Waals surface area contributed by atoms with E-state index >= 15 is 0 Å². The minimum absolute atomic E-state index is 0.120. The van der Waals surface area contributed by atoms with Gasteiger partial charge < -0.3 is 15.2 Å². The molecule has 0 amide bonds. The molecule has 2 aromatic heterocycles. The van der Waals surface area contributed by atoms with Crippen LogP contribution < -0.4 is 5.32 Å². The van der Waals surface area contributed by atoms with Crippen LogP contribution in [-0.4, -0.2) is 41.4 Å². The molecule has 2 N–H and O–H groups in total. The fraction of sp³-hybridized carbons (Fsp3) is 0.276. The lowest BCUT2D eigenvalue weighted by atomic mass is 9.96. The third-order valence-corrected chi connectivity index (χ3v) is 7.34. The second kappa shape index (κ2) is 10.4. The zero-order chi connectivity index (χ0) is 24.2. The summed E-state index contributed by atoms with van der Waals surface area (Å²) in [7, 11) is 2.08. The second-order valence-corrected chi connectivity index (χ2v) is 11.9. The summed E-state index contributed by atoms with van der Waals surface area (Å²) in [6, 6.07) is 15.3. The number of H-pyrrole nitrogens is 1. The molecule has 0 radical (unpaired) electrons. The summed E-state index contributed by atoms with van der Waals surface area (Å²) >= 11 is 0. The van der Waals surface area contributed by atoms with Gasteiger partial charge in [-0.15, -0.1) is 7.92 Å². The van der Waals surface area contributed by atoms with E-state index in [1.165, 1.54) is 33.8 Å². The van der Waals surface area contributed by atoms with Crippen molar-refractivity contribution in [1.82, 2.24) is 14.9 Å². The van der Waals surface area contributed by atoms with Crippen molar-refractivity contribution in [3.8, 4) is 11.1 Å². The van der Waals surface area contributed by atoms with Crippen LogP contribution in [0.1, 0.15) is 24.5 Å². The van der Waals surface area contributed by atoms with Crippen LogP contribution in [0.15, 0.2) is 73.2 Å². The largest absolute Gasteiger partial charge is 0.388 e. The van der Waals surface area contributed by atoms with Gasteiger partial charge in [-0.25, -0.2) is 4.98 Å². The topological polar surface area (TPSA) is 44.0 Å². The van der Waals surface area contributed by atoms with Crippen molar-refractivity contribution in [1.29, 1.82) is 0 Å². The van der Waals surface area contributed by atoms with Gasteiger partial charge in [0, 0.05) is 42.4 Å². The number of nitrogens with zero attached hydrogens (tertiary/aromatic N) is 2. The van der Waals surface area contributed by atoms with Crippen molar-refractivity contribution in [3.05, 3.63) is 84.3 Å². The number of aromatic nitrogens is 2. The average Bonchev–Trinajstić information content (AvgIpc) is 3.21. The maximum Gasteiger partial charge on any atom is 0.138 e. The van der Waals surface area contributed by atoms with E-state index in [4.69, 9.17) is 4.98 Å². The van der Waals surface area contributed by atoms with Crippen LogP contribution in [0.2, 0.25) is 0 Å². The van der Waals surface area contributed by atoms with Crippen molar-refractivity contribution in [2.75, 3.05) is 31.9 Å². The Morgan fingerprint density at radius 2 is 2.03 bits per heavy atom. The van der Waals surface area contributed by atoms with E-state index in [9.17, 15) is 0 Å². The number of aromatic amines is 1. The van der Waals surface area contributed by atoms with E-state index in [2.05, 4.69) is 97.6 Å². The molecule has 0 bridgehead atoms. The summed E-state index contributed by atoms with van der Waals surface area (Å²) in [5.41, 5.74) is 9.36. The molecule has 0 unspecified atom stereocenters. The Morgan fingerprint density at radius 1 is 1.21 bits per heavy atom. The number of hydrogen-bond acceptors (Lipinski definition) is 3. The lowest BCUT2D eigenvalue weighted by Gasteiger charge is -2.19. The number of aryl methyl sites for hydroxylation is 1. The summed E-state index contributed by atoms with van der Waals surface area (Å²) in [5.74, 6) is 0. The van der Waals surface area contributed by atoms with Crippen molar-refractivity contribution in [3.63, 3.8) is 0 Å². The van der Waals surface area contributed by atoms with Crippen LogP contribution in [0.4, 0.5) is 5.69 Å². The molecule has 4 rings (SSSR count). The van der Waals surface area contributed by atoms with Crippen molar-refractivity contribution >= 4 is 35.5 Å². The maximum absolute atomic E-state index is 4.70. The Labute approximate surface area is 204 Å². The fourth-order valence-electron chi connectivity index (χ4n) is 4.37. The highest BCUT2D eigenvalue weighted by atomic mass is 31.1. The molecule has 34 heavy (non-hydrogen) atoms. The van der Waals surface area contributed by atoms with E-state index < -0.39 is 0 Å². The van der Waals surface area contributed by atoms with Crippen LogP contribution in [0, 0.1) is 6.92 Å². The van der Waals surface area contributed by atoms with Gasteiger partial charge in [0.2, 0.25) is 0 Å². The zero-order valence-corrected chi connectivity index (χ0v) is 21.8. The first-order valence-corrected chi connectivity index (χ1v) is 14.2. The first-order chi connectivity index (χ1) is 16.4. The first-order valence-electron chi connectivity index (χ1n) is 11.8. The Morgan fingerprint density at radius 3 is 2.76 bits per heavy atom. The minimum Gasteiger partial charge on any atom is -0.388 e. The standard InChI is InChI=1S/C29H35N4P/c1-7-33(18-20(2)13-14-34(5)6)19-23-11-12-25(22-9-8-10-24(16-22)30-4)27-26-15-21(3)17-31-29(26)32-28(23)27/h7-12,15-18,30H,1,13-14,19H2,2-6H3,(H,31,32)/b20-18+. The number of benzene rings is 2. The van der Waals surface area contributed by atoms with E-state index in [1.807, 2.05) is 19.4 Å². The van der Waals surface area contributed by atoms with Gasteiger partial charge in [-0.3, -0.25) is 0 Å². The molecule has 0 aliphatic rings. The molecule has 0 aliphatic carbocycles. The highest BCUT2D eigenvalue weighted by Gasteiger charge is 2.16. The van der Waals surface area contributed by atoms with Crippen molar-refractivity contribution < 1.29 is 0 Å². The Balaban J connectivity index is 1.82. The molecule has 0 saturated carbocycles. The molecule has 4 nitrogen and oxygen atoms in total.